The number of fused-ring (bicyclic) bond motifs is 5. The van der Waals surface area contributed by atoms with Gasteiger partial charge in [0.1, 0.15) is 6.10 Å². The lowest BCUT2D eigenvalue weighted by atomic mass is 9.47. The first kappa shape index (κ1) is 50.8. The standard InChI is InChI=1S/C50H93N5O6/c1-10-54(28-25-51-24-21-45(56)53-34-44-37(6)46(57)47(58)48(59-9)61-44)30-31-55(11-2)29-26-52-27-32-60-39-19-22-49(7)38(33-39)15-16-40-42-18-17-41(36(5)14-12-13-35(3)4)50(42,8)23-20-43(40)49/h15,35-37,39-44,46-48,51-52,57-58H,10-14,16-34H2,1-9H3,(H,53,56)/t36-,37+,39?,40+,41-,42+,43+,44?,46+,47+,48?,49+,50-/m1/s1. The van der Waals surface area contributed by atoms with Crippen molar-refractivity contribution in [2.45, 2.75) is 163 Å². The second-order valence-electron chi connectivity index (χ2n) is 21.1. The second kappa shape index (κ2) is 24.4. The summed E-state index contributed by atoms with van der Waals surface area (Å²) in [5.74, 6) is 4.94. The summed E-state index contributed by atoms with van der Waals surface area (Å²) in [6.07, 6.45) is 15.1. The van der Waals surface area contributed by atoms with Crippen molar-refractivity contribution in [1.29, 1.82) is 0 Å². The molecule has 5 aliphatic rings. The molecule has 4 aliphatic carbocycles. The SMILES string of the molecule is CCN(CCNCCOC1CC[C@@]2(C)C(=CC[C@H]3[C@@H]4CC[C@H]([C@H](C)CCCC(C)C)[C@@]4(C)CC[C@@H]32)C1)CCN(CC)CCNCCC(=O)NCC1OC(OC)[C@@H](O)[C@@H](O)[C@H]1C. The molecular formula is C50H93N5O6. The van der Waals surface area contributed by atoms with E-state index < -0.39 is 24.6 Å². The molecule has 0 aromatic carbocycles. The number of methoxy groups -OCH3 is 1. The van der Waals surface area contributed by atoms with Crippen LogP contribution in [-0.4, -0.2) is 142 Å². The minimum Gasteiger partial charge on any atom is -0.390 e. The van der Waals surface area contributed by atoms with Gasteiger partial charge in [-0.2, -0.15) is 0 Å². The highest BCUT2D eigenvalue weighted by Gasteiger charge is 2.59. The lowest BCUT2D eigenvalue weighted by Gasteiger charge is -2.58. The van der Waals surface area contributed by atoms with E-state index in [1.807, 2.05) is 0 Å². The topological polar surface area (TPSA) is 128 Å². The van der Waals surface area contributed by atoms with Crippen molar-refractivity contribution < 1.29 is 29.2 Å². The maximum absolute atomic E-state index is 12.5. The zero-order chi connectivity index (χ0) is 44.2. The first-order valence-electron chi connectivity index (χ1n) is 25.2. The van der Waals surface area contributed by atoms with E-state index in [4.69, 9.17) is 14.2 Å². The van der Waals surface area contributed by atoms with Gasteiger partial charge in [0.2, 0.25) is 5.91 Å². The number of rotatable bonds is 26. The maximum atomic E-state index is 12.5. The maximum Gasteiger partial charge on any atom is 0.221 e. The van der Waals surface area contributed by atoms with E-state index in [1.54, 1.807) is 12.5 Å². The van der Waals surface area contributed by atoms with Crippen molar-refractivity contribution >= 4 is 5.91 Å². The van der Waals surface area contributed by atoms with Crippen LogP contribution in [0.1, 0.15) is 132 Å². The van der Waals surface area contributed by atoms with Gasteiger partial charge in [-0.15, -0.1) is 0 Å². The summed E-state index contributed by atoms with van der Waals surface area (Å²) >= 11 is 0. The number of nitrogens with one attached hydrogen (secondary N) is 3. The van der Waals surface area contributed by atoms with Gasteiger partial charge in [-0.1, -0.05) is 86.3 Å². The molecule has 0 radical (unpaired) electrons. The van der Waals surface area contributed by atoms with E-state index in [2.05, 4.69) is 80.3 Å². The average molecular weight is 860 g/mol. The molecule has 354 valence electrons. The number of hydrogen-bond donors (Lipinski definition) is 5. The number of aliphatic hydroxyl groups is 2. The van der Waals surface area contributed by atoms with Crippen LogP contribution in [0.5, 0.6) is 0 Å². The fraction of sp³-hybridized carbons (Fsp3) is 0.940. The minimum atomic E-state index is -1.10. The van der Waals surface area contributed by atoms with Crippen LogP contribution in [-0.2, 0) is 19.0 Å². The number of carbonyl (C=O) groups is 1. The summed E-state index contributed by atoms with van der Waals surface area (Å²) in [6, 6.07) is 0. The van der Waals surface area contributed by atoms with Crippen LogP contribution < -0.4 is 16.0 Å². The third-order valence-corrected chi connectivity index (χ3v) is 17.1. The quantitative estimate of drug-likeness (QED) is 0.0488. The molecule has 0 aromatic heterocycles. The number of nitrogens with zero attached hydrogens (tertiary/aromatic N) is 2. The largest absolute Gasteiger partial charge is 0.390 e. The predicted octanol–water partition coefficient (Wildman–Crippen LogP) is 6.47. The first-order chi connectivity index (χ1) is 29.2. The fourth-order valence-corrected chi connectivity index (χ4v) is 13.0. The second-order valence-corrected chi connectivity index (χ2v) is 21.1. The molecule has 3 unspecified atom stereocenters. The highest BCUT2D eigenvalue weighted by molar-refractivity contribution is 5.76. The van der Waals surface area contributed by atoms with Gasteiger partial charge in [0, 0.05) is 78.4 Å². The summed E-state index contributed by atoms with van der Waals surface area (Å²) in [4.78, 5) is 17.5. The monoisotopic (exact) mass is 860 g/mol. The van der Waals surface area contributed by atoms with Crippen molar-refractivity contribution in [2.24, 2.45) is 52.3 Å². The zero-order valence-electron chi connectivity index (χ0n) is 40.4. The van der Waals surface area contributed by atoms with Crippen LogP contribution in [0.2, 0.25) is 0 Å². The van der Waals surface area contributed by atoms with Crippen LogP contribution >= 0.6 is 0 Å². The van der Waals surface area contributed by atoms with Crippen molar-refractivity contribution in [3.63, 3.8) is 0 Å². The Morgan fingerprint density at radius 2 is 1.61 bits per heavy atom. The summed E-state index contributed by atoms with van der Waals surface area (Å²) in [6.45, 7) is 29.4. The Bertz CT molecular complexity index is 1330. The molecule has 1 aliphatic heterocycles. The predicted molar refractivity (Wildman–Crippen MR) is 247 cm³/mol. The Kier molecular flexibility index (Phi) is 20.3. The molecule has 5 rings (SSSR count). The molecule has 4 fully saturated rings. The van der Waals surface area contributed by atoms with Gasteiger partial charge in [-0.25, -0.2) is 0 Å². The molecule has 1 saturated heterocycles. The molecule has 1 heterocycles. The molecule has 0 spiro atoms. The molecule has 11 nitrogen and oxygen atoms in total. The summed E-state index contributed by atoms with van der Waals surface area (Å²) in [5, 5.41) is 30.4. The molecule has 61 heavy (non-hydrogen) atoms. The smallest absolute Gasteiger partial charge is 0.221 e. The van der Waals surface area contributed by atoms with Gasteiger partial charge in [-0.3, -0.25) is 4.79 Å². The third kappa shape index (κ3) is 13.2. The third-order valence-electron chi connectivity index (χ3n) is 17.1. The molecule has 13 atom stereocenters. The van der Waals surface area contributed by atoms with Crippen LogP contribution in [0.4, 0.5) is 0 Å². The number of amides is 1. The van der Waals surface area contributed by atoms with Crippen LogP contribution in [0, 0.1) is 52.3 Å². The van der Waals surface area contributed by atoms with E-state index in [0.29, 0.717) is 29.9 Å². The van der Waals surface area contributed by atoms with E-state index in [0.717, 1.165) is 107 Å². The highest BCUT2D eigenvalue weighted by atomic mass is 16.7. The summed E-state index contributed by atoms with van der Waals surface area (Å²) in [7, 11) is 1.43. The average Bonchev–Trinajstić information content (AvgIpc) is 3.61. The minimum absolute atomic E-state index is 0.0680. The Labute approximate surface area is 372 Å². The summed E-state index contributed by atoms with van der Waals surface area (Å²) in [5.41, 5.74) is 2.68. The zero-order valence-corrected chi connectivity index (χ0v) is 40.4. The van der Waals surface area contributed by atoms with E-state index in [-0.39, 0.29) is 18.4 Å². The molecule has 0 bridgehead atoms. The van der Waals surface area contributed by atoms with Crippen molar-refractivity contribution in [2.75, 3.05) is 85.7 Å². The number of likely N-dealkylation sites (N-methyl/N-ethyl adjacent to an activating group) is 2. The molecule has 0 aromatic rings. The van der Waals surface area contributed by atoms with Crippen molar-refractivity contribution in [3.05, 3.63) is 11.6 Å². The van der Waals surface area contributed by atoms with E-state index in [9.17, 15) is 15.0 Å². The number of ether oxygens (including phenoxy) is 3. The number of carbonyl (C=O) groups excluding carboxylic acids is 1. The molecule has 1 amide bonds. The van der Waals surface area contributed by atoms with Crippen LogP contribution in [0.3, 0.4) is 0 Å². The van der Waals surface area contributed by atoms with E-state index >= 15 is 0 Å². The Morgan fingerprint density at radius 1 is 0.902 bits per heavy atom. The van der Waals surface area contributed by atoms with Crippen molar-refractivity contribution in [1.82, 2.24) is 25.8 Å². The van der Waals surface area contributed by atoms with Crippen molar-refractivity contribution in [3.8, 4) is 0 Å². The van der Waals surface area contributed by atoms with Gasteiger partial charge in [-0.05, 0) is 111 Å². The highest BCUT2D eigenvalue weighted by Crippen LogP contribution is 2.67. The Hall–Kier alpha value is -1.15. The molecular weight excluding hydrogens is 767 g/mol. The van der Waals surface area contributed by atoms with E-state index in [1.165, 1.54) is 71.3 Å². The summed E-state index contributed by atoms with van der Waals surface area (Å²) < 4.78 is 17.4. The number of allylic oxidation sites excluding steroid dienone is 1. The van der Waals surface area contributed by atoms with Gasteiger partial charge in [0.15, 0.2) is 6.29 Å². The van der Waals surface area contributed by atoms with Gasteiger partial charge < -0.3 is 50.2 Å². The first-order valence-corrected chi connectivity index (χ1v) is 25.2. The Balaban J connectivity index is 0.914. The van der Waals surface area contributed by atoms with Crippen LogP contribution in [0.25, 0.3) is 0 Å². The number of aliphatic hydroxyl groups excluding tert-OH is 2. The normalized spacial score (nSPS) is 35.5. The lowest BCUT2D eigenvalue weighted by Crippen LogP contribution is -2.56. The Morgan fingerprint density at radius 3 is 2.28 bits per heavy atom. The molecule has 5 N–H and O–H groups in total. The number of hydrogen-bond acceptors (Lipinski definition) is 10. The van der Waals surface area contributed by atoms with Crippen LogP contribution in [0.15, 0.2) is 11.6 Å². The van der Waals surface area contributed by atoms with Gasteiger partial charge in [0.05, 0.1) is 24.9 Å². The fourth-order valence-electron chi connectivity index (χ4n) is 13.0. The van der Waals surface area contributed by atoms with Gasteiger partial charge >= 0.3 is 0 Å². The molecule has 11 heteroatoms. The molecule has 3 saturated carbocycles. The lowest BCUT2D eigenvalue weighted by molar-refractivity contribution is -0.274. The van der Waals surface area contributed by atoms with Gasteiger partial charge in [0.25, 0.3) is 0 Å².